The zero-order valence-corrected chi connectivity index (χ0v) is 10.1. The first-order valence-electron chi connectivity index (χ1n) is 5.96. The predicted molar refractivity (Wildman–Crippen MR) is 71.0 cm³/mol. The van der Waals surface area contributed by atoms with Gasteiger partial charge >= 0.3 is 0 Å². The van der Waals surface area contributed by atoms with E-state index in [1.54, 1.807) is 24.5 Å². The van der Waals surface area contributed by atoms with Crippen molar-refractivity contribution >= 4 is 12.0 Å². The number of hydrogen-bond donors (Lipinski definition) is 1. The van der Waals surface area contributed by atoms with Crippen LogP contribution in [-0.4, -0.2) is 11.3 Å². The third-order valence-corrected chi connectivity index (χ3v) is 3.01. The molecule has 1 aromatic carbocycles. The van der Waals surface area contributed by atoms with Crippen molar-refractivity contribution in [2.75, 3.05) is 0 Å². The molecule has 19 heavy (non-hydrogen) atoms. The van der Waals surface area contributed by atoms with E-state index in [1.165, 1.54) is 0 Å². The van der Waals surface area contributed by atoms with Crippen molar-refractivity contribution < 1.29 is 9.63 Å². The highest BCUT2D eigenvalue weighted by Gasteiger charge is 2.18. The second-order valence-corrected chi connectivity index (χ2v) is 4.24. The minimum absolute atomic E-state index is 0.149. The molecule has 4 heteroatoms. The van der Waals surface area contributed by atoms with E-state index in [1.807, 2.05) is 30.3 Å². The van der Waals surface area contributed by atoms with Gasteiger partial charge in [-0.3, -0.25) is 20.1 Å². The number of aldehydes is 1. The van der Waals surface area contributed by atoms with Gasteiger partial charge in [0.15, 0.2) is 0 Å². The van der Waals surface area contributed by atoms with Gasteiger partial charge < -0.3 is 0 Å². The van der Waals surface area contributed by atoms with Crippen LogP contribution in [0, 0.1) is 0 Å². The van der Waals surface area contributed by atoms with Crippen LogP contribution in [0.25, 0.3) is 5.70 Å². The Hall–Kier alpha value is -2.46. The van der Waals surface area contributed by atoms with E-state index in [-0.39, 0.29) is 6.10 Å². The van der Waals surface area contributed by atoms with E-state index in [9.17, 15) is 4.79 Å². The highest BCUT2D eigenvalue weighted by Crippen LogP contribution is 2.28. The lowest BCUT2D eigenvalue weighted by Crippen LogP contribution is -2.07. The summed E-state index contributed by atoms with van der Waals surface area (Å²) in [5.74, 6) is 0. The molecule has 3 rings (SSSR count). The number of nitrogens with zero attached hydrogens (tertiary/aromatic N) is 1. The first-order chi connectivity index (χ1) is 9.36. The summed E-state index contributed by atoms with van der Waals surface area (Å²) in [6.45, 7) is 0. The Morgan fingerprint density at radius 2 is 1.84 bits per heavy atom. The largest absolute Gasteiger partial charge is 0.298 e. The average molecular weight is 252 g/mol. The van der Waals surface area contributed by atoms with Crippen LogP contribution in [-0.2, 0) is 4.84 Å². The van der Waals surface area contributed by atoms with Crippen LogP contribution >= 0.6 is 0 Å². The maximum absolute atomic E-state index is 10.6. The van der Waals surface area contributed by atoms with Gasteiger partial charge in [0, 0.05) is 23.5 Å². The quantitative estimate of drug-likeness (QED) is 0.853. The Kier molecular flexibility index (Phi) is 3.08. The van der Waals surface area contributed by atoms with E-state index in [2.05, 4.69) is 10.5 Å². The molecule has 2 heterocycles. The van der Waals surface area contributed by atoms with Crippen molar-refractivity contribution in [1.82, 2.24) is 10.5 Å². The number of aromatic nitrogens is 1. The molecule has 4 nitrogen and oxygen atoms in total. The second-order valence-electron chi connectivity index (χ2n) is 4.24. The van der Waals surface area contributed by atoms with Gasteiger partial charge in [0.25, 0.3) is 0 Å². The average Bonchev–Trinajstić information content (AvgIpc) is 2.98. The standard InChI is InChI=1S/C15H12N2O2/c18-10-11-1-3-13(4-2-11)15-9-14(17-19-15)12-5-7-16-8-6-12/h1-10,15,17H. The third-order valence-electron chi connectivity index (χ3n) is 3.01. The van der Waals surface area contributed by atoms with Crippen molar-refractivity contribution in [3.05, 3.63) is 71.6 Å². The van der Waals surface area contributed by atoms with E-state index in [4.69, 9.17) is 4.84 Å². The molecule has 2 aromatic rings. The van der Waals surface area contributed by atoms with Crippen LogP contribution in [0.5, 0.6) is 0 Å². The van der Waals surface area contributed by atoms with E-state index in [0.29, 0.717) is 5.56 Å². The van der Waals surface area contributed by atoms with Gasteiger partial charge in [-0.15, -0.1) is 0 Å². The lowest BCUT2D eigenvalue weighted by molar-refractivity contribution is 0.0511. The zero-order valence-electron chi connectivity index (χ0n) is 10.1. The molecule has 1 aromatic heterocycles. The van der Waals surface area contributed by atoms with Gasteiger partial charge in [-0.05, 0) is 23.8 Å². The molecular formula is C15H12N2O2. The molecule has 1 aliphatic rings. The summed E-state index contributed by atoms with van der Waals surface area (Å²) in [5, 5.41) is 0. The lowest BCUT2D eigenvalue weighted by atomic mass is 10.1. The molecule has 0 saturated carbocycles. The van der Waals surface area contributed by atoms with Crippen LogP contribution in [0.15, 0.2) is 54.9 Å². The molecule has 1 N–H and O–H groups in total. The minimum Gasteiger partial charge on any atom is -0.298 e. The van der Waals surface area contributed by atoms with Crippen LogP contribution in [0.3, 0.4) is 0 Å². The van der Waals surface area contributed by atoms with E-state index in [0.717, 1.165) is 23.1 Å². The number of rotatable bonds is 3. The topological polar surface area (TPSA) is 51.2 Å². The summed E-state index contributed by atoms with van der Waals surface area (Å²) < 4.78 is 0. The summed E-state index contributed by atoms with van der Waals surface area (Å²) in [4.78, 5) is 20.1. The molecule has 1 aliphatic heterocycles. The van der Waals surface area contributed by atoms with Crippen LogP contribution in [0.1, 0.15) is 27.6 Å². The maximum Gasteiger partial charge on any atom is 0.150 e. The number of carbonyl (C=O) groups excluding carboxylic acids is 1. The molecule has 0 spiro atoms. The van der Waals surface area contributed by atoms with Crippen molar-refractivity contribution in [1.29, 1.82) is 0 Å². The SMILES string of the molecule is O=Cc1ccc(C2C=C(c3ccncc3)NO2)cc1. The number of hydrogen-bond acceptors (Lipinski definition) is 4. The molecule has 1 unspecified atom stereocenters. The van der Waals surface area contributed by atoms with Crippen molar-refractivity contribution in [2.45, 2.75) is 6.10 Å². The van der Waals surface area contributed by atoms with Gasteiger partial charge in [-0.1, -0.05) is 24.3 Å². The first kappa shape index (κ1) is 11.6. The fraction of sp³-hybridized carbons (Fsp3) is 0.0667. The molecule has 0 radical (unpaired) electrons. The van der Waals surface area contributed by atoms with Crippen LogP contribution in [0.4, 0.5) is 0 Å². The number of pyridine rings is 1. The number of benzene rings is 1. The Morgan fingerprint density at radius 1 is 1.11 bits per heavy atom. The molecule has 1 atom stereocenters. The summed E-state index contributed by atoms with van der Waals surface area (Å²) in [5.41, 5.74) is 6.53. The maximum atomic E-state index is 10.6. The first-order valence-corrected chi connectivity index (χ1v) is 5.96. The molecule has 94 valence electrons. The third kappa shape index (κ3) is 2.39. The fourth-order valence-corrected chi connectivity index (χ4v) is 1.96. The number of nitrogens with one attached hydrogen (secondary N) is 1. The summed E-state index contributed by atoms with van der Waals surface area (Å²) in [6.07, 6.45) is 6.17. The summed E-state index contributed by atoms with van der Waals surface area (Å²) in [6, 6.07) is 11.2. The zero-order chi connectivity index (χ0) is 13.1. The van der Waals surface area contributed by atoms with Gasteiger partial charge in [0.05, 0.1) is 5.70 Å². The van der Waals surface area contributed by atoms with Gasteiger partial charge in [-0.2, -0.15) is 0 Å². The van der Waals surface area contributed by atoms with Crippen molar-refractivity contribution in [2.24, 2.45) is 0 Å². The van der Waals surface area contributed by atoms with Crippen LogP contribution in [0.2, 0.25) is 0 Å². The minimum atomic E-state index is -0.149. The molecular weight excluding hydrogens is 240 g/mol. The normalized spacial score (nSPS) is 17.7. The lowest BCUT2D eigenvalue weighted by Gasteiger charge is -2.07. The Labute approximate surface area is 110 Å². The fourth-order valence-electron chi connectivity index (χ4n) is 1.96. The molecule has 0 amide bonds. The Morgan fingerprint density at radius 3 is 2.53 bits per heavy atom. The molecule has 0 aliphatic carbocycles. The van der Waals surface area contributed by atoms with Crippen molar-refractivity contribution in [3.8, 4) is 0 Å². The molecule has 0 bridgehead atoms. The number of hydroxylamine groups is 1. The predicted octanol–water partition coefficient (Wildman–Crippen LogP) is 2.51. The van der Waals surface area contributed by atoms with Gasteiger partial charge in [0.1, 0.15) is 12.4 Å². The summed E-state index contributed by atoms with van der Waals surface area (Å²) in [7, 11) is 0. The molecule has 0 saturated heterocycles. The van der Waals surface area contributed by atoms with Gasteiger partial charge in [-0.25, -0.2) is 0 Å². The monoisotopic (exact) mass is 252 g/mol. The highest BCUT2D eigenvalue weighted by molar-refractivity contribution is 5.74. The number of carbonyl (C=O) groups is 1. The summed E-state index contributed by atoms with van der Waals surface area (Å²) >= 11 is 0. The molecule has 0 fully saturated rings. The highest BCUT2D eigenvalue weighted by atomic mass is 16.7. The van der Waals surface area contributed by atoms with Crippen molar-refractivity contribution in [3.63, 3.8) is 0 Å². The second kappa shape index (κ2) is 5.04. The van der Waals surface area contributed by atoms with E-state index >= 15 is 0 Å². The Bertz CT molecular complexity index is 606. The van der Waals surface area contributed by atoms with Gasteiger partial charge in [0.2, 0.25) is 0 Å². The smallest absolute Gasteiger partial charge is 0.150 e. The van der Waals surface area contributed by atoms with E-state index < -0.39 is 0 Å². The van der Waals surface area contributed by atoms with Crippen LogP contribution < -0.4 is 5.48 Å². The Balaban J connectivity index is 1.84.